The van der Waals surface area contributed by atoms with E-state index < -0.39 is 0 Å². The van der Waals surface area contributed by atoms with Gasteiger partial charge >= 0.3 is 0 Å². The van der Waals surface area contributed by atoms with Crippen LogP contribution >= 0.6 is 0 Å². The fraction of sp³-hybridized carbons (Fsp3) is 0.667. The molecule has 17 heavy (non-hydrogen) atoms. The van der Waals surface area contributed by atoms with Gasteiger partial charge < -0.3 is 15.0 Å². The average molecular weight is 236 g/mol. The predicted octanol–water partition coefficient (Wildman–Crippen LogP) is 0.810. The molecule has 1 aliphatic heterocycles. The van der Waals surface area contributed by atoms with E-state index in [1.54, 1.807) is 0 Å². The third-order valence-corrected chi connectivity index (χ3v) is 3.26. The van der Waals surface area contributed by atoms with E-state index in [4.69, 9.17) is 4.74 Å². The molecule has 0 aromatic carbocycles. The summed E-state index contributed by atoms with van der Waals surface area (Å²) in [4.78, 5) is 2.16. The van der Waals surface area contributed by atoms with E-state index in [9.17, 15) is 0 Å². The average Bonchev–Trinajstić information content (AvgIpc) is 2.76. The van der Waals surface area contributed by atoms with E-state index in [2.05, 4.69) is 34.4 Å². The molecule has 2 heterocycles. The summed E-state index contributed by atoms with van der Waals surface area (Å²) in [5.41, 5.74) is 0.959. The lowest BCUT2D eigenvalue weighted by atomic mass is 10.1. The molecule has 2 atom stereocenters. The molecule has 0 amide bonds. The molecule has 0 aliphatic carbocycles. The molecule has 5 heteroatoms. The Balaban J connectivity index is 2.05. The number of aromatic nitrogens is 2. The van der Waals surface area contributed by atoms with Crippen LogP contribution < -0.4 is 10.2 Å². The summed E-state index contributed by atoms with van der Waals surface area (Å²) >= 11 is 0. The van der Waals surface area contributed by atoms with E-state index >= 15 is 0 Å². The SMILES string of the molecule is CNCc1ccc(N(C)C2CCOC2C)nn1. The summed E-state index contributed by atoms with van der Waals surface area (Å²) in [6.45, 7) is 3.69. The summed E-state index contributed by atoms with van der Waals surface area (Å²) in [5, 5.41) is 11.5. The minimum Gasteiger partial charge on any atom is -0.376 e. The number of ether oxygens (including phenoxy) is 1. The van der Waals surface area contributed by atoms with Gasteiger partial charge in [0.1, 0.15) is 0 Å². The lowest BCUT2D eigenvalue weighted by Crippen LogP contribution is -2.37. The molecule has 1 aliphatic rings. The summed E-state index contributed by atoms with van der Waals surface area (Å²) in [7, 11) is 3.96. The van der Waals surface area contributed by atoms with Crippen molar-refractivity contribution < 1.29 is 4.74 Å². The molecule has 2 rings (SSSR count). The quantitative estimate of drug-likeness (QED) is 0.838. The van der Waals surface area contributed by atoms with Gasteiger partial charge in [0, 0.05) is 20.2 Å². The fourth-order valence-electron chi connectivity index (χ4n) is 2.22. The Morgan fingerprint density at radius 2 is 2.29 bits per heavy atom. The van der Waals surface area contributed by atoms with Crippen molar-refractivity contribution in [2.75, 3.05) is 25.6 Å². The van der Waals surface area contributed by atoms with Crippen LogP contribution in [0.25, 0.3) is 0 Å². The summed E-state index contributed by atoms with van der Waals surface area (Å²) in [6, 6.07) is 4.43. The number of nitrogens with one attached hydrogen (secondary N) is 1. The maximum Gasteiger partial charge on any atom is 0.151 e. The Morgan fingerprint density at radius 1 is 1.47 bits per heavy atom. The number of likely N-dealkylation sites (N-methyl/N-ethyl adjacent to an activating group) is 1. The van der Waals surface area contributed by atoms with Gasteiger partial charge in [0.05, 0.1) is 17.8 Å². The first-order valence-electron chi connectivity index (χ1n) is 6.04. The molecule has 0 spiro atoms. The second kappa shape index (κ2) is 5.42. The fourth-order valence-corrected chi connectivity index (χ4v) is 2.22. The van der Waals surface area contributed by atoms with Crippen molar-refractivity contribution in [3.8, 4) is 0 Å². The van der Waals surface area contributed by atoms with Gasteiger partial charge in [0.15, 0.2) is 5.82 Å². The lowest BCUT2D eigenvalue weighted by Gasteiger charge is -2.27. The highest BCUT2D eigenvalue weighted by Gasteiger charge is 2.28. The topological polar surface area (TPSA) is 50.3 Å². The second-order valence-electron chi connectivity index (χ2n) is 4.46. The van der Waals surface area contributed by atoms with Gasteiger partial charge in [-0.15, -0.1) is 5.10 Å². The highest BCUT2D eigenvalue weighted by atomic mass is 16.5. The van der Waals surface area contributed by atoms with Gasteiger partial charge in [0.2, 0.25) is 0 Å². The van der Waals surface area contributed by atoms with Gasteiger partial charge in [-0.05, 0) is 32.5 Å². The monoisotopic (exact) mass is 236 g/mol. The van der Waals surface area contributed by atoms with Crippen LogP contribution in [0.4, 0.5) is 5.82 Å². The molecule has 2 unspecified atom stereocenters. The zero-order chi connectivity index (χ0) is 12.3. The second-order valence-corrected chi connectivity index (χ2v) is 4.46. The number of rotatable bonds is 4. The summed E-state index contributed by atoms with van der Waals surface area (Å²) in [6.07, 6.45) is 1.32. The summed E-state index contributed by atoms with van der Waals surface area (Å²) < 4.78 is 5.57. The molecule has 1 aromatic rings. The van der Waals surface area contributed by atoms with Gasteiger partial charge in [-0.25, -0.2) is 0 Å². The lowest BCUT2D eigenvalue weighted by molar-refractivity contribution is 0.118. The highest BCUT2D eigenvalue weighted by Crippen LogP contribution is 2.22. The molecule has 0 saturated carbocycles. The normalized spacial score (nSPS) is 23.9. The van der Waals surface area contributed by atoms with Gasteiger partial charge in [-0.1, -0.05) is 0 Å². The molecule has 1 aromatic heterocycles. The van der Waals surface area contributed by atoms with Crippen LogP contribution in [-0.4, -0.2) is 43.0 Å². The molecular weight excluding hydrogens is 216 g/mol. The Morgan fingerprint density at radius 3 is 2.82 bits per heavy atom. The zero-order valence-electron chi connectivity index (χ0n) is 10.7. The maximum absolute atomic E-state index is 5.57. The highest BCUT2D eigenvalue weighted by molar-refractivity contribution is 5.38. The Bertz CT molecular complexity index is 354. The van der Waals surface area contributed by atoms with Crippen molar-refractivity contribution in [1.29, 1.82) is 0 Å². The number of hydrogen-bond acceptors (Lipinski definition) is 5. The Labute approximate surface area is 102 Å². The first-order chi connectivity index (χ1) is 8.22. The van der Waals surface area contributed by atoms with Crippen molar-refractivity contribution in [3.05, 3.63) is 17.8 Å². The number of hydrogen-bond donors (Lipinski definition) is 1. The Kier molecular flexibility index (Phi) is 3.91. The van der Waals surface area contributed by atoms with Crippen molar-refractivity contribution in [2.24, 2.45) is 0 Å². The van der Waals surface area contributed by atoms with Crippen molar-refractivity contribution in [1.82, 2.24) is 15.5 Å². The predicted molar refractivity (Wildman–Crippen MR) is 67.0 cm³/mol. The van der Waals surface area contributed by atoms with Crippen LogP contribution in [0.3, 0.4) is 0 Å². The van der Waals surface area contributed by atoms with Crippen molar-refractivity contribution in [3.63, 3.8) is 0 Å². The van der Waals surface area contributed by atoms with Crippen molar-refractivity contribution >= 4 is 5.82 Å². The van der Waals surface area contributed by atoms with Gasteiger partial charge in [-0.3, -0.25) is 0 Å². The van der Waals surface area contributed by atoms with E-state index in [0.29, 0.717) is 6.04 Å². The van der Waals surface area contributed by atoms with Crippen LogP contribution in [0.2, 0.25) is 0 Å². The van der Waals surface area contributed by atoms with Crippen LogP contribution in [-0.2, 0) is 11.3 Å². The third-order valence-electron chi connectivity index (χ3n) is 3.26. The van der Waals surface area contributed by atoms with Crippen LogP contribution in [0.15, 0.2) is 12.1 Å². The van der Waals surface area contributed by atoms with Gasteiger partial charge in [0.25, 0.3) is 0 Å². The number of anilines is 1. The van der Waals surface area contributed by atoms with Gasteiger partial charge in [-0.2, -0.15) is 5.10 Å². The smallest absolute Gasteiger partial charge is 0.151 e. The largest absolute Gasteiger partial charge is 0.376 e. The van der Waals surface area contributed by atoms with Crippen molar-refractivity contribution in [2.45, 2.75) is 32.0 Å². The maximum atomic E-state index is 5.57. The molecule has 0 bridgehead atoms. The first kappa shape index (κ1) is 12.3. The third kappa shape index (κ3) is 2.73. The molecule has 1 N–H and O–H groups in total. The standard InChI is InChI=1S/C12H20N4O/c1-9-11(6-7-17-9)16(3)12-5-4-10(8-13-2)14-15-12/h4-5,9,11,13H,6-8H2,1-3H3. The van der Waals surface area contributed by atoms with Crippen LogP contribution in [0.1, 0.15) is 19.0 Å². The summed E-state index contributed by atoms with van der Waals surface area (Å²) in [5.74, 6) is 0.909. The minimum atomic E-state index is 0.263. The molecule has 94 valence electrons. The molecule has 1 saturated heterocycles. The molecule has 5 nitrogen and oxygen atoms in total. The van der Waals surface area contributed by atoms with E-state index in [1.807, 2.05) is 19.2 Å². The van der Waals surface area contributed by atoms with Crippen LogP contribution in [0.5, 0.6) is 0 Å². The number of nitrogens with zero attached hydrogens (tertiary/aromatic N) is 3. The Hall–Kier alpha value is -1.20. The zero-order valence-corrected chi connectivity index (χ0v) is 10.7. The van der Waals surface area contributed by atoms with Crippen LogP contribution in [0, 0.1) is 0 Å². The van der Waals surface area contributed by atoms with E-state index in [-0.39, 0.29) is 6.10 Å². The van der Waals surface area contributed by atoms with E-state index in [1.165, 1.54) is 0 Å². The first-order valence-corrected chi connectivity index (χ1v) is 6.04. The molecule has 0 radical (unpaired) electrons. The van der Waals surface area contributed by atoms with E-state index in [0.717, 1.165) is 31.1 Å². The molecular formula is C12H20N4O. The minimum absolute atomic E-state index is 0.263. The molecule has 1 fully saturated rings.